The quantitative estimate of drug-likeness (QED) is 0.306. The molecule has 0 aliphatic rings. The third kappa shape index (κ3) is 3.23. The summed E-state index contributed by atoms with van der Waals surface area (Å²) in [5, 5.41) is 10.8. The summed E-state index contributed by atoms with van der Waals surface area (Å²) in [7, 11) is -9.32. The Morgan fingerprint density at radius 1 is 1.06 bits per heavy atom. The van der Waals surface area contributed by atoms with Gasteiger partial charge in [0.25, 0.3) is 20.2 Å². The first-order valence-electron chi connectivity index (χ1n) is 3.92. The van der Waals surface area contributed by atoms with E-state index >= 15 is 0 Å². The van der Waals surface area contributed by atoms with Gasteiger partial charge in [0.15, 0.2) is 0 Å². The second-order valence-corrected chi connectivity index (χ2v) is 5.71. The number of rotatable bonds is 3. The smallest absolute Gasteiger partial charge is 0.295 e. The van der Waals surface area contributed by atoms with E-state index in [1.165, 1.54) is 0 Å². The predicted octanol–water partition coefficient (Wildman–Crippen LogP) is -0.0119. The van der Waals surface area contributed by atoms with Crippen LogP contribution in [0.4, 0.5) is 0 Å². The van der Waals surface area contributed by atoms with Crippen molar-refractivity contribution < 1.29 is 31.1 Å². The topological polar surface area (TPSA) is 141 Å². The van der Waals surface area contributed by atoms with Crippen LogP contribution in [0.2, 0.25) is 0 Å². The van der Waals surface area contributed by atoms with Gasteiger partial charge in [0, 0.05) is 5.56 Å². The first kappa shape index (κ1) is 13.6. The van der Waals surface area contributed by atoms with Crippen LogP contribution in [0.5, 0.6) is 0 Å². The van der Waals surface area contributed by atoms with Gasteiger partial charge in [-0.3, -0.25) is 9.11 Å². The van der Waals surface area contributed by atoms with Gasteiger partial charge in [-0.1, -0.05) is 11.2 Å². The minimum Gasteiger partial charge on any atom is -0.411 e. The molecule has 3 N–H and O–H groups in total. The standard InChI is InChI=1S/C7H7NO7S2/c9-8-4-5-1-2-6(16(10,11)12)3-7(5)17(13,14)15/h1-4,9H,(H,10,11,12)(H,13,14,15)/b8-4-. The molecule has 0 unspecified atom stereocenters. The van der Waals surface area contributed by atoms with Crippen LogP contribution >= 0.6 is 0 Å². The third-order valence-corrected chi connectivity index (χ3v) is 3.52. The summed E-state index contributed by atoms with van der Waals surface area (Å²) in [4.78, 5) is -1.51. The molecule has 0 aliphatic heterocycles. The number of hydrogen-bond donors (Lipinski definition) is 3. The molecule has 0 saturated carbocycles. The van der Waals surface area contributed by atoms with E-state index in [9.17, 15) is 16.8 Å². The molecule has 0 aliphatic carbocycles. The summed E-state index contributed by atoms with van der Waals surface area (Å²) >= 11 is 0. The summed E-state index contributed by atoms with van der Waals surface area (Å²) in [6, 6.07) is 2.38. The zero-order chi connectivity index (χ0) is 13.3. The van der Waals surface area contributed by atoms with Gasteiger partial charge in [0.1, 0.15) is 4.90 Å². The fourth-order valence-corrected chi connectivity index (χ4v) is 2.34. The van der Waals surface area contributed by atoms with Gasteiger partial charge in [0.2, 0.25) is 0 Å². The average Bonchev–Trinajstić information content (AvgIpc) is 2.15. The Morgan fingerprint density at radius 2 is 1.65 bits per heavy atom. The van der Waals surface area contributed by atoms with Gasteiger partial charge >= 0.3 is 0 Å². The molecule has 1 rings (SSSR count). The normalized spacial score (nSPS) is 13.1. The van der Waals surface area contributed by atoms with Crippen LogP contribution < -0.4 is 0 Å². The van der Waals surface area contributed by atoms with Crippen LogP contribution in [0, 0.1) is 0 Å². The summed E-state index contributed by atoms with van der Waals surface area (Å²) in [5.41, 5.74) is -0.234. The molecule has 0 radical (unpaired) electrons. The minimum atomic E-state index is -4.72. The van der Waals surface area contributed by atoms with Gasteiger partial charge < -0.3 is 5.21 Å². The van der Waals surface area contributed by atoms with E-state index in [0.717, 1.165) is 12.1 Å². The van der Waals surface area contributed by atoms with E-state index in [2.05, 4.69) is 5.16 Å². The Labute approximate surface area is 96.7 Å². The molecular formula is C7H7NO7S2. The molecule has 0 saturated heterocycles. The van der Waals surface area contributed by atoms with Crippen LogP contribution in [-0.4, -0.2) is 37.4 Å². The monoisotopic (exact) mass is 281 g/mol. The van der Waals surface area contributed by atoms with Crippen molar-refractivity contribution in [3.8, 4) is 0 Å². The van der Waals surface area contributed by atoms with Crippen molar-refractivity contribution >= 4 is 26.5 Å². The second kappa shape index (κ2) is 4.41. The fraction of sp³-hybridized carbons (Fsp3) is 0. The Bertz CT molecular complexity index is 659. The van der Waals surface area contributed by atoms with E-state index in [1.54, 1.807) is 0 Å². The lowest BCUT2D eigenvalue weighted by molar-refractivity contribution is 0.321. The molecular weight excluding hydrogens is 274 g/mol. The van der Waals surface area contributed by atoms with Crippen molar-refractivity contribution in [2.45, 2.75) is 9.79 Å². The lowest BCUT2D eigenvalue weighted by Gasteiger charge is -2.04. The molecule has 1 aromatic rings. The molecule has 0 atom stereocenters. The van der Waals surface area contributed by atoms with Crippen molar-refractivity contribution in [2.75, 3.05) is 0 Å². The Hall–Kier alpha value is -1.49. The Balaban J connectivity index is 3.63. The van der Waals surface area contributed by atoms with E-state index in [1.807, 2.05) is 0 Å². The van der Waals surface area contributed by atoms with Gasteiger partial charge in [0.05, 0.1) is 11.1 Å². The van der Waals surface area contributed by atoms with E-state index in [0.29, 0.717) is 12.3 Å². The molecule has 10 heteroatoms. The molecule has 1 aromatic carbocycles. The summed E-state index contributed by atoms with van der Waals surface area (Å²) < 4.78 is 61.0. The van der Waals surface area contributed by atoms with Crippen LogP contribution in [-0.2, 0) is 20.2 Å². The number of benzene rings is 1. The van der Waals surface area contributed by atoms with E-state index < -0.39 is 30.0 Å². The summed E-state index contributed by atoms with van der Waals surface area (Å²) in [5.74, 6) is 0. The molecule has 0 spiro atoms. The van der Waals surface area contributed by atoms with Crippen molar-refractivity contribution in [1.82, 2.24) is 0 Å². The van der Waals surface area contributed by atoms with Crippen molar-refractivity contribution in [3.05, 3.63) is 23.8 Å². The van der Waals surface area contributed by atoms with Gasteiger partial charge in [-0.25, -0.2) is 0 Å². The maximum absolute atomic E-state index is 10.9. The molecule has 17 heavy (non-hydrogen) atoms. The maximum atomic E-state index is 10.9. The zero-order valence-electron chi connectivity index (χ0n) is 8.05. The molecule has 94 valence electrons. The number of nitrogens with zero attached hydrogens (tertiary/aromatic N) is 1. The lowest BCUT2D eigenvalue weighted by Crippen LogP contribution is -2.06. The molecule has 0 fully saturated rings. The predicted molar refractivity (Wildman–Crippen MR) is 55.5 cm³/mol. The SMILES string of the molecule is O=S(=O)(O)c1ccc(/C=N\O)c(S(=O)(=O)O)c1. The molecule has 0 bridgehead atoms. The minimum absolute atomic E-state index is 0.234. The van der Waals surface area contributed by atoms with Gasteiger partial charge in [-0.2, -0.15) is 16.8 Å². The van der Waals surface area contributed by atoms with Crippen molar-refractivity contribution in [2.24, 2.45) is 5.16 Å². The van der Waals surface area contributed by atoms with Gasteiger partial charge in [-0.15, -0.1) is 0 Å². The third-order valence-electron chi connectivity index (χ3n) is 1.76. The highest BCUT2D eigenvalue weighted by Gasteiger charge is 2.19. The highest BCUT2D eigenvalue weighted by Crippen LogP contribution is 2.19. The van der Waals surface area contributed by atoms with E-state index in [-0.39, 0.29) is 5.56 Å². The Kier molecular flexibility index (Phi) is 3.52. The average molecular weight is 281 g/mol. The molecule has 0 aromatic heterocycles. The molecule has 0 heterocycles. The van der Waals surface area contributed by atoms with Crippen LogP contribution in [0.1, 0.15) is 5.56 Å². The van der Waals surface area contributed by atoms with Crippen LogP contribution in [0.25, 0.3) is 0 Å². The number of hydrogen-bond acceptors (Lipinski definition) is 6. The molecule has 0 amide bonds. The Morgan fingerprint density at radius 3 is 2.06 bits per heavy atom. The molecule has 8 nitrogen and oxygen atoms in total. The summed E-state index contributed by atoms with van der Waals surface area (Å²) in [6.45, 7) is 0. The maximum Gasteiger partial charge on any atom is 0.295 e. The van der Waals surface area contributed by atoms with Crippen molar-refractivity contribution in [3.63, 3.8) is 0 Å². The lowest BCUT2D eigenvalue weighted by atomic mass is 10.2. The van der Waals surface area contributed by atoms with E-state index in [4.69, 9.17) is 14.3 Å². The van der Waals surface area contributed by atoms with Crippen molar-refractivity contribution in [1.29, 1.82) is 0 Å². The first-order valence-corrected chi connectivity index (χ1v) is 6.81. The van der Waals surface area contributed by atoms with Crippen LogP contribution in [0.15, 0.2) is 33.1 Å². The van der Waals surface area contributed by atoms with Crippen LogP contribution in [0.3, 0.4) is 0 Å². The highest BCUT2D eigenvalue weighted by atomic mass is 32.2. The second-order valence-electron chi connectivity index (χ2n) is 2.89. The fourth-order valence-electron chi connectivity index (χ4n) is 1.07. The summed E-state index contributed by atoms with van der Waals surface area (Å²) in [6.07, 6.45) is 0.691. The number of oxime groups is 1. The first-order chi connectivity index (χ1) is 7.66. The largest absolute Gasteiger partial charge is 0.411 e. The highest BCUT2D eigenvalue weighted by molar-refractivity contribution is 7.86. The van der Waals surface area contributed by atoms with Gasteiger partial charge in [-0.05, 0) is 12.1 Å². The zero-order valence-corrected chi connectivity index (χ0v) is 9.68.